The van der Waals surface area contributed by atoms with Crippen LogP contribution in [0, 0.1) is 12.5 Å². The quantitative estimate of drug-likeness (QED) is 0.729. The van der Waals surface area contributed by atoms with Gasteiger partial charge in [-0.2, -0.15) is 0 Å². The number of nitrogens with zero attached hydrogens (tertiary/aromatic N) is 1. The van der Waals surface area contributed by atoms with E-state index >= 15 is 0 Å². The summed E-state index contributed by atoms with van der Waals surface area (Å²) >= 11 is 0. The van der Waals surface area contributed by atoms with Crippen molar-refractivity contribution in [2.75, 3.05) is 6.54 Å². The third-order valence-corrected chi connectivity index (χ3v) is 2.00. The maximum atomic E-state index is 9.24. The van der Waals surface area contributed by atoms with Crippen molar-refractivity contribution in [2.45, 2.75) is 39.5 Å². The number of rotatable bonds is 5. The molecule has 73 valence electrons. The maximum Gasteiger partial charge on any atom is 0.282 e. The van der Waals surface area contributed by atoms with Crippen molar-refractivity contribution in [1.82, 2.24) is 5.32 Å². The molecule has 0 fully saturated rings. The minimum absolute atomic E-state index is 0. The van der Waals surface area contributed by atoms with Crippen LogP contribution in [0.5, 0.6) is 0 Å². The first-order chi connectivity index (χ1) is 5.63. The molecular weight excluding hydrogens is 241 g/mol. The second-order valence-electron chi connectivity index (χ2n) is 3.13. The molecule has 0 unspecified atom stereocenters. The van der Waals surface area contributed by atoms with Crippen LogP contribution in [0.3, 0.4) is 0 Å². The van der Waals surface area contributed by atoms with E-state index in [1.807, 2.05) is 6.92 Å². The monoisotopic (exact) mass is 259 g/mol. The van der Waals surface area contributed by atoms with E-state index in [1.54, 1.807) is 6.92 Å². The Morgan fingerprint density at radius 1 is 1.46 bits per heavy atom. The maximum absolute atomic E-state index is 9.24. The van der Waals surface area contributed by atoms with Gasteiger partial charge in [-0.3, -0.25) is 4.85 Å². The summed E-state index contributed by atoms with van der Waals surface area (Å²) in [6.07, 6.45) is 0.344. The van der Waals surface area contributed by atoms with Crippen LogP contribution in [0.15, 0.2) is 0 Å². The van der Waals surface area contributed by atoms with Crippen molar-refractivity contribution in [3.63, 3.8) is 0 Å². The van der Waals surface area contributed by atoms with Gasteiger partial charge in [0, 0.05) is 39.3 Å². The Bertz CT molecular complexity index is 156. The Balaban J connectivity index is 0. The normalized spacial score (nSPS) is 16.5. The minimum Gasteiger partial charge on any atom is -0.393 e. The zero-order valence-electron chi connectivity index (χ0n) is 8.62. The molecule has 0 bridgehead atoms. The summed E-state index contributed by atoms with van der Waals surface area (Å²) in [5, 5.41) is 12.3. The van der Waals surface area contributed by atoms with Crippen LogP contribution >= 0.6 is 0 Å². The zero-order chi connectivity index (χ0) is 9.56. The van der Waals surface area contributed by atoms with E-state index in [4.69, 9.17) is 6.57 Å². The molecule has 0 aliphatic heterocycles. The predicted molar refractivity (Wildman–Crippen MR) is 49.5 cm³/mol. The Morgan fingerprint density at radius 3 is 2.31 bits per heavy atom. The van der Waals surface area contributed by atoms with E-state index in [1.165, 1.54) is 0 Å². The van der Waals surface area contributed by atoms with E-state index in [-0.39, 0.29) is 44.8 Å². The van der Waals surface area contributed by atoms with Gasteiger partial charge in [0.05, 0.1) is 12.0 Å². The van der Waals surface area contributed by atoms with Crippen molar-refractivity contribution in [2.24, 2.45) is 5.92 Å². The van der Waals surface area contributed by atoms with Crippen molar-refractivity contribution >= 4 is 0 Å². The molecule has 0 saturated heterocycles. The minimum atomic E-state index is -0.423. The third-order valence-electron chi connectivity index (χ3n) is 2.00. The summed E-state index contributed by atoms with van der Waals surface area (Å²) in [4.78, 5) is 3.43. The van der Waals surface area contributed by atoms with E-state index in [9.17, 15) is 5.11 Å². The molecule has 0 aromatic heterocycles. The van der Waals surface area contributed by atoms with Crippen LogP contribution in [0.25, 0.3) is 4.85 Å². The van der Waals surface area contributed by atoms with Crippen LogP contribution < -0.4 is 5.32 Å². The number of nitrogens with one attached hydrogen (secondary N) is 1. The number of aliphatic hydroxyl groups excluding tert-OH is 1. The van der Waals surface area contributed by atoms with Crippen LogP contribution in [0.2, 0.25) is 0 Å². The second kappa shape index (κ2) is 9.08. The fourth-order valence-electron chi connectivity index (χ4n) is 0.905. The molecule has 0 aromatic rings. The van der Waals surface area contributed by atoms with Crippen LogP contribution in [-0.2, 0) is 32.7 Å². The number of aliphatic hydroxyl groups is 1. The molecule has 13 heavy (non-hydrogen) atoms. The summed E-state index contributed by atoms with van der Waals surface area (Å²) < 4.78 is 0. The van der Waals surface area contributed by atoms with Gasteiger partial charge in [-0.05, 0) is 13.3 Å². The molecule has 0 saturated carbocycles. The summed E-state index contributed by atoms with van der Waals surface area (Å²) in [5.74, 6) is -0.00551. The van der Waals surface area contributed by atoms with Gasteiger partial charge >= 0.3 is 0 Å². The van der Waals surface area contributed by atoms with Gasteiger partial charge in [0.1, 0.15) is 0 Å². The first kappa shape index (κ1) is 16.0. The first-order valence-corrected chi connectivity index (χ1v) is 4.41. The Labute approximate surface area is 106 Å². The van der Waals surface area contributed by atoms with Crippen molar-refractivity contribution in [3.8, 4) is 0 Å². The number of hydrogen-bond donors (Lipinski definition) is 2. The molecule has 3 atom stereocenters. The molecule has 0 spiro atoms. The standard InChI is InChI=1S/C9H18N2O.Y/c1-5-6-11-9(10-4)7(2)8(3)12;/h7-9,11-12H,5-6H2,1-3H3;/t7-,8-,9+;/m0./s1. The van der Waals surface area contributed by atoms with Crippen molar-refractivity contribution in [3.05, 3.63) is 11.4 Å². The Morgan fingerprint density at radius 2 is 2.00 bits per heavy atom. The van der Waals surface area contributed by atoms with Gasteiger partial charge in [-0.15, -0.1) is 0 Å². The van der Waals surface area contributed by atoms with Gasteiger partial charge in [-0.25, -0.2) is 11.9 Å². The first-order valence-electron chi connectivity index (χ1n) is 4.41. The Kier molecular flexibility index (Phi) is 11.2. The molecule has 2 N–H and O–H groups in total. The molecule has 4 heteroatoms. The SMILES string of the molecule is [C-]#[N+][C@H](NCCC)[C@@H](C)[C@H](C)O.[Y]. The predicted octanol–water partition coefficient (Wildman–Crippen LogP) is 1.25. The summed E-state index contributed by atoms with van der Waals surface area (Å²) in [7, 11) is 0. The average molecular weight is 259 g/mol. The summed E-state index contributed by atoms with van der Waals surface area (Å²) in [6, 6.07) is 0. The summed E-state index contributed by atoms with van der Waals surface area (Å²) in [5.41, 5.74) is 0. The third kappa shape index (κ3) is 6.57. The molecule has 0 heterocycles. The molecule has 0 aliphatic carbocycles. The fraction of sp³-hybridized carbons (Fsp3) is 0.889. The fourth-order valence-corrected chi connectivity index (χ4v) is 0.905. The molecule has 3 nitrogen and oxygen atoms in total. The molecule has 0 aliphatic rings. The molecule has 0 amide bonds. The largest absolute Gasteiger partial charge is 0.393 e. The van der Waals surface area contributed by atoms with Crippen molar-refractivity contribution in [1.29, 1.82) is 0 Å². The van der Waals surface area contributed by atoms with E-state index in [2.05, 4.69) is 17.1 Å². The van der Waals surface area contributed by atoms with Crippen LogP contribution in [0.1, 0.15) is 27.2 Å². The van der Waals surface area contributed by atoms with E-state index in [0.29, 0.717) is 0 Å². The molecule has 0 rings (SSSR count). The summed E-state index contributed by atoms with van der Waals surface area (Å²) in [6.45, 7) is 13.4. The van der Waals surface area contributed by atoms with Crippen molar-refractivity contribution < 1.29 is 37.8 Å². The molecule has 1 radical (unpaired) electrons. The zero-order valence-corrected chi connectivity index (χ0v) is 11.5. The van der Waals surface area contributed by atoms with E-state index < -0.39 is 6.10 Å². The average Bonchev–Trinajstić information content (AvgIpc) is 2.05. The van der Waals surface area contributed by atoms with Crippen LogP contribution in [0.4, 0.5) is 0 Å². The van der Waals surface area contributed by atoms with Gasteiger partial charge in [-0.1, -0.05) is 13.8 Å². The van der Waals surface area contributed by atoms with Gasteiger partial charge < -0.3 is 5.11 Å². The molecule has 0 aromatic carbocycles. The molecular formula is C9H18N2OY. The van der Waals surface area contributed by atoms with E-state index in [0.717, 1.165) is 13.0 Å². The van der Waals surface area contributed by atoms with Gasteiger partial charge in [0.2, 0.25) is 0 Å². The smallest absolute Gasteiger partial charge is 0.282 e. The Hall–Kier alpha value is 0.514. The second-order valence-corrected chi connectivity index (χ2v) is 3.13. The topological polar surface area (TPSA) is 36.6 Å². The van der Waals surface area contributed by atoms with Crippen LogP contribution in [-0.4, -0.2) is 23.9 Å². The number of hydrogen-bond acceptors (Lipinski definition) is 2. The van der Waals surface area contributed by atoms with Gasteiger partial charge in [0.25, 0.3) is 6.17 Å². The van der Waals surface area contributed by atoms with Gasteiger partial charge in [0.15, 0.2) is 0 Å².